The van der Waals surface area contributed by atoms with Gasteiger partial charge >= 0.3 is 6.09 Å². The van der Waals surface area contributed by atoms with Crippen molar-refractivity contribution in [3.8, 4) is 5.88 Å². The first-order valence-corrected chi connectivity index (χ1v) is 3.68. The maximum absolute atomic E-state index is 12.6. The number of pyridine rings is 1. The average molecular weight is 235 g/mol. The molecule has 64 valence electrons. The summed E-state index contributed by atoms with van der Waals surface area (Å²) in [7, 11) is 0. The zero-order valence-corrected chi connectivity index (χ0v) is 7.34. The number of aromatic nitrogens is 1. The van der Waals surface area contributed by atoms with Crippen LogP contribution in [-0.2, 0) is 0 Å². The predicted molar refractivity (Wildman–Crippen MR) is 42.1 cm³/mol. The molecule has 12 heavy (non-hydrogen) atoms. The molecule has 0 fully saturated rings. The smallest absolute Gasteiger partial charge is 0.391 e. The van der Waals surface area contributed by atoms with E-state index in [1.807, 2.05) is 0 Å². The van der Waals surface area contributed by atoms with Gasteiger partial charge in [0.2, 0.25) is 11.8 Å². The van der Waals surface area contributed by atoms with Crippen molar-refractivity contribution in [1.82, 2.24) is 4.98 Å². The van der Waals surface area contributed by atoms with E-state index in [4.69, 9.17) is 0 Å². The number of nitrogens with zero attached hydrogens (tertiary/aromatic N) is 1. The number of hydrogen-bond donors (Lipinski definition) is 1. The summed E-state index contributed by atoms with van der Waals surface area (Å²) in [5, 5.41) is 0. The number of amides is 1. The number of ether oxygens (including phenoxy) is 1. The molecule has 0 aliphatic carbocycles. The first-order chi connectivity index (χ1) is 5.59. The summed E-state index contributed by atoms with van der Waals surface area (Å²) in [6.45, 7) is 0. The molecule has 0 bridgehead atoms. The summed E-state index contributed by atoms with van der Waals surface area (Å²) in [4.78, 5) is 13.5. The molecule has 0 saturated carbocycles. The van der Waals surface area contributed by atoms with Crippen molar-refractivity contribution in [3.05, 3.63) is 22.6 Å². The molecule has 0 radical (unpaired) electrons. The minimum absolute atomic E-state index is 0.164. The van der Waals surface area contributed by atoms with Crippen LogP contribution in [0.15, 0.2) is 16.6 Å². The number of carbonyl (C=O) groups is 1. The lowest BCUT2D eigenvalue weighted by atomic mass is 10.5. The van der Waals surface area contributed by atoms with E-state index in [0.717, 1.165) is 0 Å². The van der Waals surface area contributed by atoms with Crippen LogP contribution >= 0.6 is 15.9 Å². The molecule has 1 aromatic rings. The van der Waals surface area contributed by atoms with Gasteiger partial charge in [0.15, 0.2) is 0 Å². The molecule has 0 aliphatic heterocycles. The van der Waals surface area contributed by atoms with Crippen molar-refractivity contribution in [2.75, 3.05) is 0 Å². The molecule has 1 rings (SSSR count). The van der Waals surface area contributed by atoms with Gasteiger partial charge in [0.05, 0.1) is 4.47 Å². The third-order valence-corrected chi connectivity index (χ3v) is 1.57. The Bertz CT molecular complexity index is 318. The lowest BCUT2D eigenvalue weighted by Crippen LogP contribution is -2.17. The third kappa shape index (κ3) is 2.16. The lowest BCUT2D eigenvalue weighted by molar-refractivity contribution is 0.208. The van der Waals surface area contributed by atoms with Crippen LogP contribution < -0.4 is 10.5 Å². The Balaban J connectivity index is 2.89. The summed E-state index contributed by atoms with van der Waals surface area (Å²) >= 11 is 2.89. The largest absolute Gasteiger partial charge is 0.411 e. The normalized spacial score (nSPS) is 9.50. The summed E-state index contributed by atoms with van der Waals surface area (Å²) in [6, 6.07) is 2.68. The number of carbonyl (C=O) groups excluding carboxylic acids is 1. The number of hydrogen-bond acceptors (Lipinski definition) is 3. The second-order valence-corrected chi connectivity index (χ2v) is 2.70. The maximum Gasteiger partial charge on any atom is 0.411 e. The molecule has 0 saturated heterocycles. The van der Waals surface area contributed by atoms with Gasteiger partial charge < -0.3 is 10.5 Å². The van der Waals surface area contributed by atoms with Crippen molar-refractivity contribution in [3.63, 3.8) is 0 Å². The number of primary amides is 1. The van der Waals surface area contributed by atoms with Gasteiger partial charge in [-0.05, 0) is 22.0 Å². The van der Waals surface area contributed by atoms with E-state index in [2.05, 4.69) is 31.4 Å². The molecule has 0 aromatic carbocycles. The van der Waals surface area contributed by atoms with Crippen LogP contribution in [0, 0.1) is 5.95 Å². The predicted octanol–water partition coefficient (Wildman–Crippen LogP) is 1.44. The molecule has 1 amide bonds. The molecule has 0 unspecified atom stereocenters. The van der Waals surface area contributed by atoms with Crippen molar-refractivity contribution < 1.29 is 13.9 Å². The van der Waals surface area contributed by atoms with Crippen molar-refractivity contribution in [2.24, 2.45) is 5.73 Å². The van der Waals surface area contributed by atoms with Crippen LogP contribution in [0.25, 0.3) is 0 Å². The van der Waals surface area contributed by atoms with Gasteiger partial charge in [-0.25, -0.2) is 4.79 Å². The van der Waals surface area contributed by atoms with E-state index in [-0.39, 0.29) is 10.4 Å². The van der Waals surface area contributed by atoms with E-state index in [9.17, 15) is 9.18 Å². The fourth-order valence-corrected chi connectivity index (χ4v) is 0.781. The number of halogens is 2. The summed E-state index contributed by atoms with van der Waals surface area (Å²) in [6.07, 6.45) is -1.02. The Labute approximate surface area is 75.7 Å². The van der Waals surface area contributed by atoms with E-state index in [1.165, 1.54) is 12.1 Å². The van der Waals surface area contributed by atoms with Crippen LogP contribution in [0.2, 0.25) is 0 Å². The van der Waals surface area contributed by atoms with Crippen LogP contribution in [0.5, 0.6) is 5.88 Å². The van der Waals surface area contributed by atoms with E-state index in [1.54, 1.807) is 0 Å². The highest BCUT2D eigenvalue weighted by Gasteiger charge is 2.04. The van der Waals surface area contributed by atoms with E-state index in [0.29, 0.717) is 0 Å². The SMILES string of the molecule is NC(=O)Oc1ccc(Br)c(F)n1. The Morgan fingerprint density at radius 3 is 2.83 bits per heavy atom. The number of nitrogens with two attached hydrogens (primary N) is 1. The Morgan fingerprint density at radius 1 is 1.67 bits per heavy atom. The van der Waals surface area contributed by atoms with Crippen LogP contribution in [-0.4, -0.2) is 11.1 Å². The van der Waals surface area contributed by atoms with Crippen molar-refractivity contribution in [2.45, 2.75) is 0 Å². The number of rotatable bonds is 1. The Kier molecular flexibility index (Phi) is 2.59. The summed E-state index contributed by atoms with van der Waals surface area (Å²) in [5.74, 6) is -0.919. The van der Waals surface area contributed by atoms with Gasteiger partial charge in [-0.1, -0.05) is 0 Å². The van der Waals surface area contributed by atoms with E-state index >= 15 is 0 Å². The molecule has 1 heterocycles. The fraction of sp³-hybridized carbons (Fsp3) is 0. The average Bonchev–Trinajstić information content (AvgIpc) is 1.96. The highest BCUT2D eigenvalue weighted by molar-refractivity contribution is 9.10. The second-order valence-electron chi connectivity index (χ2n) is 1.84. The van der Waals surface area contributed by atoms with Gasteiger partial charge in [-0.2, -0.15) is 9.37 Å². The zero-order chi connectivity index (χ0) is 9.14. The van der Waals surface area contributed by atoms with Gasteiger partial charge in [0.25, 0.3) is 0 Å². The van der Waals surface area contributed by atoms with Crippen LogP contribution in [0.3, 0.4) is 0 Å². The second kappa shape index (κ2) is 3.48. The van der Waals surface area contributed by atoms with Crippen LogP contribution in [0.1, 0.15) is 0 Å². The quantitative estimate of drug-likeness (QED) is 0.749. The van der Waals surface area contributed by atoms with Crippen LogP contribution in [0.4, 0.5) is 9.18 Å². The highest BCUT2D eigenvalue weighted by atomic mass is 79.9. The first kappa shape index (κ1) is 8.92. The summed E-state index contributed by atoms with van der Waals surface area (Å²) < 4.78 is 17.2. The Hall–Kier alpha value is -1.17. The molecule has 2 N–H and O–H groups in total. The molecule has 4 nitrogen and oxygen atoms in total. The molecule has 1 aromatic heterocycles. The van der Waals surface area contributed by atoms with Gasteiger partial charge in [-0.3, -0.25) is 0 Å². The van der Waals surface area contributed by atoms with Gasteiger partial charge in [0, 0.05) is 6.07 Å². The Morgan fingerprint density at radius 2 is 2.33 bits per heavy atom. The topological polar surface area (TPSA) is 65.2 Å². The maximum atomic E-state index is 12.6. The molecule has 0 aliphatic rings. The van der Waals surface area contributed by atoms with Crippen molar-refractivity contribution >= 4 is 22.0 Å². The molecule has 6 heteroatoms. The molecular formula is C6H4BrFN2O2. The first-order valence-electron chi connectivity index (χ1n) is 2.89. The lowest BCUT2D eigenvalue weighted by Gasteiger charge is -1.99. The van der Waals surface area contributed by atoms with Gasteiger partial charge in [-0.15, -0.1) is 0 Å². The zero-order valence-electron chi connectivity index (χ0n) is 5.75. The summed E-state index contributed by atoms with van der Waals surface area (Å²) in [5.41, 5.74) is 4.68. The molecular weight excluding hydrogens is 231 g/mol. The monoisotopic (exact) mass is 234 g/mol. The third-order valence-electron chi connectivity index (χ3n) is 0.983. The standard InChI is InChI=1S/C6H4BrFN2O2/c7-3-1-2-4(10-5(3)8)12-6(9)11/h1-2H,(H2,9,11). The minimum Gasteiger partial charge on any atom is -0.391 e. The van der Waals surface area contributed by atoms with Gasteiger partial charge in [0.1, 0.15) is 0 Å². The highest BCUT2D eigenvalue weighted by Crippen LogP contribution is 2.16. The minimum atomic E-state index is -1.02. The van der Waals surface area contributed by atoms with Crippen molar-refractivity contribution in [1.29, 1.82) is 0 Å². The fourth-order valence-electron chi connectivity index (χ4n) is 0.561. The molecule has 0 atom stereocenters. The molecule has 0 spiro atoms. The van der Waals surface area contributed by atoms with E-state index < -0.39 is 12.0 Å².